The summed E-state index contributed by atoms with van der Waals surface area (Å²) >= 11 is 0. The highest BCUT2D eigenvalue weighted by molar-refractivity contribution is 6.18. The Kier molecular flexibility index (Phi) is 3.88. The average Bonchev–Trinajstić information content (AvgIpc) is 2.74. The maximum Gasteiger partial charge on any atom is 0.276 e. The first-order valence-corrected chi connectivity index (χ1v) is 7.77. The first-order valence-electron chi connectivity index (χ1n) is 7.77. The van der Waals surface area contributed by atoms with E-state index in [-0.39, 0.29) is 17.9 Å². The van der Waals surface area contributed by atoms with Gasteiger partial charge < -0.3 is 5.32 Å². The van der Waals surface area contributed by atoms with Crippen LogP contribution in [0.1, 0.15) is 23.1 Å². The molecule has 0 aliphatic carbocycles. The van der Waals surface area contributed by atoms with Gasteiger partial charge in [-0.05, 0) is 40.1 Å². The predicted octanol–water partition coefficient (Wildman–Crippen LogP) is 1.91. The van der Waals surface area contributed by atoms with Gasteiger partial charge in [-0.3, -0.25) is 24.1 Å². The number of likely N-dealkylation sites (N-methyl/N-ethyl adjacent to an activating group) is 1. The highest BCUT2D eigenvalue weighted by Crippen LogP contribution is 2.39. The van der Waals surface area contributed by atoms with Crippen molar-refractivity contribution >= 4 is 28.9 Å². The SMILES string of the molecule is Cc1nn(C)c2c1N(C(=O)C(C)N(C)C)c1ccccc1NC2=O. The van der Waals surface area contributed by atoms with Gasteiger partial charge in [-0.25, -0.2) is 0 Å². The Morgan fingerprint density at radius 2 is 1.96 bits per heavy atom. The number of aryl methyl sites for hydroxylation is 2. The summed E-state index contributed by atoms with van der Waals surface area (Å²) in [5.41, 5.74) is 2.82. The molecule has 0 bridgehead atoms. The second kappa shape index (κ2) is 5.76. The van der Waals surface area contributed by atoms with E-state index in [1.807, 2.05) is 44.1 Å². The van der Waals surface area contributed by atoms with Crippen LogP contribution in [0.2, 0.25) is 0 Å². The number of aromatic nitrogens is 2. The van der Waals surface area contributed by atoms with Gasteiger partial charge in [0.25, 0.3) is 5.91 Å². The van der Waals surface area contributed by atoms with Crippen molar-refractivity contribution in [2.24, 2.45) is 7.05 Å². The first-order chi connectivity index (χ1) is 11.3. The largest absolute Gasteiger partial charge is 0.319 e. The maximum atomic E-state index is 13.2. The van der Waals surface area contributed by atoms with Gasteiger partial charge in [0, 0.05) is 7.05 Å². The van der Waals surface area contributed by atoms with Crippen molar-refractivity contribution < 1.29 is 9.59 Å². The summed E-state index contributed by atoms with van der Waals surface area (Å²) < 4.78 is 1.52. The average molecular weight is 327 g/mol. The summed E-state index contributed by atoms with van der Waals surface area (Å²) in [5.74, 6) is -0.380. The van der Waals surface area contributed by atoms with Gasteiger partial charge in [0.05, 0.1) is 23.1 Å². The third kappa shape index (κ3) is 2.37. The summed E-state index contributed by atoms with van der Waals surface area (Å²) in [5, 5.41) is 7.22. The lowest BCUT2D eigenvalue weighted by Gasteiger charge is -2.28. The van der Waals surface area contributed by atoms with Crippen molar-refractivity contribution in [3.63, 3.8) is 0 Å². The van der Waals surface area contributed by atoms with Crippen LogP contribution in [-0.4, -0.2) is 46.6 Å². The van der Waals surface area contributed by atoms with Gasteiger partial charge in [-0.1, -0.05) is 12.1 Å². The minimum atomic E-state index is -0.348. The molecule has 126 valence electrons. The minimum absolute atomic E-state index is 0.110. The van der Waals surface area contributed by atoms with Crippen LogP contribution in [0.3, 0.4) is 0 Å². The van der Waals surface area contributed by atoms with Crippen molar-refractivity contribution in [2.75, 3.05) is 24.3 Å². The van der Waals surface area contributed by atoms with E-state index in [1.165, 1.54) is 4.68 Å². The molecular weight excluding hydrogens is 306 g/mol. The number of amides is 2. The number of rotatable bonds is 2. The normalized spacial score (nSPS) is 14.8. The number of anilines is 3. The topological polar surface area (TPSA) is 70.5 Å². The van der Waals surface area contributed by atoms with Gasteiger partial charge in [0.1, 0.15) is 5.69 Å². The lowest BCUT2D eigenvalue weighted by molar-refractivity contribution is -0.121. The Bertz CT molecular complexity index is 824. The Morgan fingerprint density at radius 3 is 2.62 bits per heavy atom. The van der Waals surface area contributed by atoms with E-state index in [2.05, 4.69) is 10.4 Å². The van der Waals surface area contributed by atoms with E-state index in [0.717, 1.165) is 0 Å². The van der Waals surface area contributed by atoms with Crippen molar-refractivity contribution in [3.8, 4) is 0 Å². The van der Waals surface area contributed by atoms with Gasteiger partial charge in [0.15, 0.2) is 5.69 Å². The lowest BCUT2D eigenvalue weighted by Crippen LogP contribution is -2.42. The van der Waals surface area contributed by atoms with E-state index >= 15 is 0 Å². The fourth-order valence-corrected chi connectivity index (χ4v) is 2.88. The molecule has 1 unspecified atom stereocenters. The minimum Gasteiger partial charge on any atom is -0.319 e. The Balaban J connectivity index is 2.28. The molecule has 2 amide bonds. The number of nitrogens with one attached hydrogen (secondary N) is 1. The second-order valence-electron chi connectivity index (χ2n) is 6.19. The number of hydrogen-bond donors (Lipinski definition) is 1. The highest BCUT2D eigenvalue weighted by atomic mass is 16.2. The quantitative estimate of drug-likeness (QED) is 0.915. The van der Waals surface area contributed by atoms with E-state index in [9.17, 15) is 9.59 Å². The molecule has 1 aromatic heterocycles. The third-order valence-corrected chi connectivity index (χ3v) is 4.37. The van der Waals surface area contributed by atoms with E-state index in [4.69, 9.17) is 0 Å². The van der Waals surface area contributed by atoms with Gasteiger partial charge >= 0.3 is 0 Å². The van der Waals surface area contributed by atoms with Crippen LogP contribution in [-0.2, 0) is 11.8 Å². The predicted molar refractivity (Wildman–Crippen MR) is 92.6 cm³/mol. The smallest absolute Gasteiger partial charge is 0.276 e. The van der Waals surface area contributed by atoms with Crippen LogP contribution in [0.5, 0.6) is 0 Å². The van der Waals surface area contributed by atoms with Crippen LogP contribution in [0, 0.1) is 6.92 Å². The summed E-state index contributed by atoms with van der Waals surface area (Å²) in [6.45, 7) is 3.65. The summed E-state index contributed by atoms with van der Waals surface area (Å²) in [6.07, 6.45) is 0. The zero-order chi connectivity index (χ0) is 17.6. The Labute approximate surface area is 140 Å². The Hall–Kier alpha value is -2.67. The number of carbonyl (C=O) groups is 2. The first kappa shape index (κ1) is 16.2. The fourth-order valence-electron chi connectivity index (χ4n) is 2.88. The molecule has 2 aromatic rings. The number of fused-ring (bicyclic) bond motifs is 2. The number of benzene rings is 1. The van der Waals surface area contributed by atoms with Crippen LogP contribution in [0.15, 0.2) is 24.3 Å². The number of para-hydroxylation sites is 2. The van der Waals surface area contributed by atoms with E-state index in [1.54, 1.807) is 24.9 Å². The molecule has 1 aromatic carbocycles. The monoisotopic (exact) mass is 327 g/mol. The van der Waals surface area contributed by atoms with Crippen LogP contribution < -0.4 is 10.2 Å². The van der Waals surface area contributed by atoms with E-state index < -0.39 is 0 Å². The second-order valence-corrected chi connectivity index (χ2v) is 6.19. The van der Waals surface area contributed by atoms with Crippen LogP contribution in [0.25, 0.3) is 0 Å². The zero-order valence-corrected chi connectivity index (χ0v) is 14.5. The molecule has 7 heteroatoms. The van der Waals surface area contributed by atoms with E-state index in [0.29, 0.717) is 28.5 Å². The molecule has 1 aliphatic rings. The summed E-state index contributed by atoms with van der Waals surface area (Å²) in [7, 11) is 5.42. The van der Waals surface area contributed by atoms with Gasteiger partial charge in [-0.15, -0.1) is 0 Å². The third-order valence-electron chi connectivity index (χ3n) is 4.37. The molecule has 1 atom stereocenters. The molecular formula is C17H21N5O2. The van der Waals surface area contributed by atoms with Gasteiger partial charge in [-0.2, -0.15) is 5.10 Å². The summed E-state index contributed by atoms with van der Waals surface area (Å²) in [6, 6.07) is 6.96. The van der Waals surface area contributed by atoms with Crippen LogP contribution in [0.4, 0.5) is 17.1 Å². The highest BCUT2D eigenvalue weighted by Gasteiger charge is 2.36. The standard InChI is InChI=1S/C17H21N5O2/c1-10-14-15(21(5)19-10)16(23)18-12-8-6-7-9-13(12)22(14)17(24)11(2)20(3)4/h6-9,11H,1-5H3,(H,18,23). The lowest BCUT2D eigenvalue weighted by atomic mass is 10.1. The molecule has 7 nitrogen and oxygen atoms in total. The van der Waals surface area contributed by atoms with Crippen molar-refractivity contribution in [1.29, 1.82) is 0 Å². The molecule has 0 saturated carbocycles. The molecule has 0 fully saturated rings. The summed E-state index contributed by atoms with van der Waals surface area (Å²) in [4.78, 5) is 29.3. The fraction of sp³-hybridized carbons (Fsp3) is 0.353. The molecule has 0 saturated heterocycles. The molecule has 24 heavy (non-hydrogen) atoms. The molecule has 0 spiro atoms. The number of carbonyl (C=O) groups excluding carboxylic acids is 2. The van der Waals surface area contributed by atoms with Gasteiger partial charge in [0.2, 0.25) is 5.91 Å². The van der Waals surface area contributed by atoms with Crippen molar-refractivity contribution in [2.45, 2.75) is 19.9 Å². The molecule has 2 heterocycles. The van der Waals surface area contributed by atoms with Crippen molar-refractivity contribution in [1.82, 2.24) is 14.7 Å². The molecule has 3 rings (SSSR count). The zero-order valence-electron chi connectivity index (χ0n) is 14.5. The molecule has 1 aliphatic heterocycles. The van der Waals surface area contributed by atoms with Crippen LogP contribution >= 0.6 is 0 Å². The number of nitrogens with zero attached hydrogens (tertiary/aromatic N) is 4. The molecule has 0 radical (unpaired) electrons. The number of hydrogen-bond acceptors (Lipinski definition) is 4. The maximum absolute atomic E-state index is 13.2. The Morgan fingerprint density at radius 1 is 1.29 bits per heavy atom. The molecule has 1 N–H and O–H groups in total. The van der Waals surface area contributed by atoms with Crippen molar-refractivity contribution in [3.05, 3.63) is 35.7 Å².